The maximum Gasteiger partial charge on any atom is 0.221 e. The van der Waals surface area contributed by atoms with Crippen LogP contribution in [0.25, 0.3) is 0 Å². The van der Waals surface area contributed by atoms with Crippen LogP contribution in [-0.4, -0.2) is 17.4 Å². The average Bonchev–Trinajstić information content (AvgIpc) is 2.12. The van der Waals surface area contributed by atoms with Crippen molar-refractivity contribution in [1.82, 2.24) is 0 Å². The van der Waals surface area contributed by atoms with Crippen molar-refractivity contribution in [2.24, 2.45) is 11.7 Å². The number of carbonyl (C=O) groups is 1. The highest BCUT2D eigenvalue weighted by Gasteiger charge is 2.19. The molecular formula is C5H9NOS. The van der Waals surface area contributed by atoms with E-state index in [-0.39, 0.29) is 11.8 Å². The van der Waals surface area contributed by atoms with E-state index in [1.54, 1.807) is 0 Å². The lowest BCUT2D eigenvalue weighted by molar-refractivity contribution is -0.121. The maximum atomic E-state index is 10.4. The van der Waals surface area contributed by atoms with Crippen molar-refractivity contribution in [1.29, 1.82) is 0 Å². The quantitative estimate of drug-likeness (QED) is 0.553. The summed E-state index contributed by atoms with van der Waals surface area (Å²) in [7, 11) is 0. The molecule has 2 nitrogen and oxygen atoms in total. The van der Waals surface area contributed by atoms with Crippen LogP contribution in [0.4, 0.5) is 0 Å². The molecule has 1 aliphatic rings. The second kappa shape index (κ2) is 2.40. The van der Waals surface area contributed by atoms with E-state index in [1.807, 2.05) is 11.8 Å². The molecule has 1 rings (SSSR count). The lowest BCUT2D eigenvalue weighted by Crippen LogP contribution is -2.22. The third kappa shape index (κ3) is 1.15. The molecular weight excluding hydrogens is 122 g/mol. The van der Waals surface area contributed by atoms with Gasteiger partial charge in [-0.3, -0.25) is 4.79 Å². The Morgan fingerprint density at radius 2 is 2.50 bits per heavy atom. The molecule has 46 valence electrons. The lowest BCUT2D eigenvalue weighted by Gasteiger charge is -1.97. The van der Waals surface area contributed by atoms with Gasteiger partial charge in [0.1, 0.15) is 0 Å². The molecule has 8 heavy (non-hydrogen) atoms. The predicted molar refractivity (Wildman–Crippen MR) is 34.6 cm³/mol. The van der Waals surface area contributed by atoms with E-state index in [1.165, 1.54) is 0 Å². The molecule has 3 heteroatoms. The van der Waals surface area contributed by atoms with Crippen LogP contribution in [-0.2, 0) is 4.79 Å². The molecule has 0 aromatic heterocycles. The Labute approximate surface area is 52.8 Å². The van der Waals surface area contributed by atoms with Gasteiger partial charge in [-0.05, 0) is 12.2 Å². The first-order valence-corrected chi connectivity index (χ1v) is 3.83. The van der Waals surface area contributed by atoms with Gasteiger partial charge in [0.25, 0.3) is 0 Å². The Morgan fingerprint density at radius 1 is 1.75 bits per heavy atom. The van der Waals surface area contributed by atoms with Crippen molar-refractivity contribution < 1.29 is 4.79 Å². The van der Waals surface area contributed by atoms with E-state index in [9.17, 15) is 4.79 Å². The first kappa shape index (κ1) is 5.95. The topological polar surface area (TPSA) is 43.1 Å². The van der Waals surface area contributed by atoms with Gasteiger partial charge < -0.3 is 5.73 Å². The van der Waals surface area contributed by atoms with Crippen molar-refractivity contribution in [3.8, 4) is 0 Å². The minimum Gasteiger partial charge on any atom is -0.369 e. The Balaban J connectivity index is 2.35. The van der Waals surface area contributed by atoms with Crippen molar-refractivity contribution in [3.63, 3.8) is 0 Å². The summed E-state index contributed by atoms with van der Waals surface area (Å²) in [6.45, 7) is 0. The molecule has 1 heterocycles. The van der Waals surface area contributed by atoms with Crippen molar-refractivity contribution in [2.45, 2.75) is 6.42 Å². The highest BCUT2D eigenvalue weighted by atomic mass is 32.2. The van der Waals surface area contributed by atoms with Crippen LogP contribution in [0.1, 0.15) is 6.42 Å². The fourth-order valence-electron chi connectivity index (χ4n) is 0.759. The molecule has 1 saturated heterocycles. The molecule has 0 aromatic rings. The molecule has 2 N–H and O–H groups in total. The Kier molecular flexibility index (Phi) is 1.78. The number of rotatable bonds is 1. The van der Waals surface area contributed by atoms with Crippen LogP contribution < -0.4 is 5.73 Å². The van der Waals surface area contributed by atoms with Gasteiger partial charge in [-0.2, -0.15) is 11.8 Å². The molecule has 1 aliphatic heterocycles. The van der Waals surface area contributed by atoms with Gasteiger partial charge in [0.2, 0.25) is 5.91 Å². The summed E-state index contributed by atoms with van der Waals surface area (Å²) in [5.74, 6) is 2.08. The molecule has 0 aliphatic carbocycles. The second-order valence-electron chi connectivity index (χ2n) is 1.96. The number of thioether (sulfide) groups is 1. The maximum absolute atomic E-state index is 10.4. The zero-order valence-corrected chi connectivity index (χ0v) is 5.41. The Bertz CT molecular complexity index is 98.6. The first-order valence-electron chi connectivity index (χ1n) is 2.68. The van der Waals surface area contributed by atoms with Gasteiger partial charge in [-0.15, -0.1) is 0 Å². The smallest absolute Gasteiger partial charge is 0.221 e. The van der Waals surface area contributed by atoms with Gasteiger partial charge >= 0.3 is 0 Å². The number of amides is 1. The Hall–Kier alpha value is -0.180. The summed E-state index contributed by atoms with van der Waals surface area (Å²) in [6, 6.07) is 0. The molecule has 1 amide bonds. The molecule has 0 saturated carbocycles. The Morgan fingerprint density at radius 3 is 2.75 bits per heavy atom. The van der Waals surface area contributed by atoms with Gasteiger partial charge in [0.15, 0.2) is 0 Å². The minimum absolute atomic E-state index is 0.130. The van der Waals surface area contributed by atoms with E-state index in [0.717, 1.165) is 17.9 Å². The van der Waals surface area contributed by atoms with Crippen molar-refractivity contribution in [2.75, 3.05) is 11.5 Å². The molecule has 0 radical (unpaired) electrons. The highest BCUT2D eigenvalue weighted by Crippen LogP contribution is 2.22. The van der Waals surface area contributed by atoms with E-state index in [2.05, 4.69) is 0 Å². The summed E-state index contributed by atoms with van der Waals surface area (Å²) in [6.07, 6.45) is 0.986. The van der Waals surface area contributed by atoms with Crippen LogP contribution in [0, 0.1) is 5.92 Å². The summed E-state index contributed by atoms with van der Waals surface area (Å²) in [5, 5.41) is 0. The SMILES string of the molecule is NC(=O)C1CCSC1. The van der Waals surface area contributed by atoms with Crippen molar-refractivity contribution >= 4 is 17.7 Å². The molecule has 1 unspecified atom stereocenters. The summed E-state index contributed by atoms with van der Waals surface area (Å²) in [4.78, 5) is 10.4. The van der Waals surface area contributed by atoms with Gasteiger partial charge in [-0.1, -0.05) is 0 Å². The zero-order chi connectivity index (χ0) is 5.98. The second-order valence-corrected chi connectivity index (χ2v) is 3.11. The van der Waals surface area contributed by atoms with E-state index in [0.29, 0.717) is 0 Å². The molecule has 1 atom stereocenters. The van der Waals surface area contributed by atoms with Gasteiger partial charge in [-0.25, -0.2) is 0 Å². The monoisotopic (exact) mass is 131 g/mol. The van der Waals surface area contributed by atoms with E-state index < -0.39 is 0 Å². The normalized spacial score (nSPS) is 28.2. The van der Waals surface area contributed by atoms with Crippen LogP contribution in [0.5, 0.6) is 0 Å². The third-order valence-corrected chi connectivity index (χ3v) is 2.49. The fraction of sp³-hybridized carbons (Fsp3) is 0.800. The predicted octanol–water partition coefficient (Wildman–Crippen LogP) is 0.225. The number of hydrogen-bond acceptors (Lipinski definition) is 2. The van der Waals surface area contributed by atoms with Crippen LogP contribution in [0.2, 0.25) is 0 Å². The van der Waals surface area contributed by atoms with Crippen LogP contribution in [0.15, 0.2) is 0 Å². The number of nitrogens with two attached hydrogens (primary N) is 1. The average molecular weight is 131 g/mol. The summed E-state index contributed by atoms with van der Waals surface area (Å²) in [5.41, 5.74) is 5.05. The molecule has 1 fully saturated rings. The van der Waals surface area contributed by atoms with E-state index >= 15 is 0 Å². The highest BCUT2D eigenvalue weighted by molar-refractivity contribution is 7.99. The summed E-state index contributed by atoms with van der Waals surface area (Å²) >= 11 is 1.81. The third-order valence-electron chi connectivity index (χ3n) is 1.33. The standard InChI is InChI=1S/C5H9NOS/c6-5(7)4-1-2-8-3-4/h4H,1-3H2,(H2,6,7). The largest absolute Gasteiger partial charge is 0.369 e. The molecule has 0 spiro atoms. The van der Waals surface area contributed by atoms with Crippen LogP contribution in [0.3, 0.4) is 0 Å². The number of hydrogen-bond donors (Lipinski definition) is 1. The zero-order valence-electron chi connectivity index (χ0n) is 4.59. The van der Waals surface area contributed by atoms with Gasteiger partial charge in [0, 0.05) is 11.7 Å². The number of carbonyl (C=O) groups excluding carboxylic acids is 1. The fourth-order valence-corrected chi connectivity index (χ4v) is 1.99. The minimum atomic E-state index is -0.130. The van der Waals surface area contributed by atoms with Gasteiger partial charge in [0.05, 0.1) is 0 Å². The van der Waals surface area contributed by atoms with Crippen molar-refractivity contribution in [3.05, 3.63) is 0 Å². The molecule has 0 aromatic carbocycles. The van der Waals surface area contributed by atoms with Crippen LogP contribution >= 0.6 is 11.8 Å². The first-order chi connectivity index (χ1) is 3.80. The number of primary amides is 1. The summed E-state index contributed by atoms with van der Waals surface area (Å²) < 4.78 is 0. The lowest BCUT2D eigenvalue weighted by atomic mass is 10.1. The molecule has 0 bridgehead atoms. The van der Waals surface area contributed by atoms with E-state index in [4.69, 9.17) is 5.73 Å².